The number of anilines is 1. The Bertz CT molecular complexity index is 925. The number of benzene rings is 2. The van der Waals surface area contributed by atoms with Gasteiger partial charge >= 0.3 is 0 Å². The predicted molar refractivity (Wildman–Crippen MR) is 100 cm³/mol. The molecule has 3 rings (SSSR count). The molecular formula is C18H19ClN2O4S. The van der Waals surface area contributed by atoms with Gasteiger partial charge in [-0.2, -0.15) is 0 Å². The van der Waals surface area contributed by atoms with E-state index in [1.807, 2.05) is 0 Å². The van der Waals surface area contributed by atoms with Crippen LogP contribution in [0.4, 0.5) is 5.69 Å². The number of carbonyl (C=O) groups excluding carboxylic acids is 1. The van der Waals surface area contributed by atoms with Gasteiger partial charge in [0.15, 0.2) is 0 Å². The van der Waals surface area contributed by atoms with E-state index in [1.165, 1.54) is 42.5 Å². The van der Waals surface area contributed by atoms with Crippen molar-refractivity contribution in [1.82, 2.24) is 4.72 Å². The van der Waals surface area contributed by atoms with Crippen molar-refractivity contribution < 1.29 is 18.3 Å². The van der Waals surface area contributed by atoms with Crippen LogP contribution in [0.15, 0.2) is 47.4 Å². The summed E-state index contributed by atoms with van der Waals surface area (Å²) in [5.74, 6) is -0.671. The maximum absolute atomic E-state index is 12.5. The van der Waals surface area contributed by atoms with Crippen molar-refractivity contribution in [2.45, 2.75) is 36.6 Å². The van der Waals surface area contributed by atoms with Gasteiger partial charge in [0.1, 0.15) is 5.75 Å². The van der Waals surface area contributed by atoms with Crippen LogP contribution in [0.25, 0.3) is 0 Å². The quantitative estimate of drug-likeness (QED) is 0.676. The Morgan fingerprint density at radius 3 is 2.58 bits per heavy atom. The van der Waals surface area contributed by atoms with E-state index in [0.29, 0.717) is 5.02 Å². The van der Waals surface area contributed by atoms with Gasteiger partial charge in [0.05, 0.1) is 10.6 Å². The van der Waals surface area contributed by atoms with Crippen molar-refractivity contribution in [2.24, 2.45) is 0 Å². The Labute approximate surface area is 157 Å². The smallest absolute Gasteiger partial charge is 0.255 e. The lowest BCUT2D eigenvalue weighted by atomic mass is 10.2. The van der Waals surface area contributed by atoms with Gasteiger partial charge in [-0.05, 0) is 49.2 Å². The summed E-state index contributed by atoms with van der Waals surface area (Å²) in [6.07, 6.45) is 3.68. The largest absolute Gasteiger partial charge is 0.506 e. The molecule has 8 heteroatoms. The lowest BCUT2D eigenvalue weighted by Gasteiger charge is -2.13. The Kier molecular flexibility index (Phi) is 5.50. The molecule has 138 valence electrons. The number of carbonyl (C=O) groups is 1. The van der Waals surface area contributed by atoms with Crippen LogP contribution in [-0.2, 0) is 10.0 Å². The second-order valence-electron chi connectivity index (χ2n) is 6.25. The molecule has 1 aliphatic rings. The average Bonchev–Trinajstić information content (AvgIpc) is 3.10. The minimum absolute atomic E-state index is 0.0346. The van der Waals surface area contributed by atoms with Crippen LogP contribution in [0.1, 0.15) is 36.0 Å². The van der Waals surface area contributed by atoms with E-state index < -0.39 is 15.9 Å². The molecule has 0 aromatic heterocycles. The summed E-state index contributed by atoms with van der Waals surface area (Å²) in [6.45, 7) is 0. The number of hydrogen-bond donors (Lipinski definition) is 3. The topological polar surface area (TPSA) is 95.5 Å². The molecule has 26 heavy (non-hydrogen) atoms. The van der Waals surface area contributed by atoms with E-state index in [0.717, 1.165) is 25.7 Å². The monoisotopic (exact) mass is 394 g/mol. The van der Waals surface area contributed by atoms with Gasteiger partial charge in [-0.15, -0.1) is 0 Å². The first-order chi connectivity index (χ1) is 12.3. The fourth-order valence-corrected chi connectivity index (χ4v) is 4.46. The minimum Gasteiger partial charge on any atom is -0.506 e. The molecule has 1 saturated carbocycles. The number of aromatic hydroxyl groups is 1. The number of sulfonamides is 1. The molecule has 6 nitrogen and oxygen atoms in total. The van der Waals surface area contributed by atoms with Gasteiger partial charge < -0.3 is 10.4 Å². The molecular weight excluding hydrogens is 376 g/mol. The van der Waals surface area contributed by atoms with Crippen molar-refractivity contribution >= 4 is 33.2 Å². The standard InChI is InChI=1S/C18H19ClN2O4S/c19-13-8-9-17(22)16(11-13)20-18(23)12-4-3-7-15(10-12)26(24,25)21-14-5-1-2-6-14/h3-4,7-11,14,21-22H,1-2,5-6H2,(H,20,23). The molecule has 2 aromatic rings. The second-order valence-corrected chi connectivity index (χ2v) is 8.40. The third-order valence-electron chi connectivity index (χ3n) is 4.29. The summed E-state index contributed by atoms with van der Waals surface area (Å²) in [4.78, 5) is 12.5. The van der Waals surface area contributed by atoms with Gasteiger partial charge in [0.2, 0.25) is 10.0 Å². The van der Waals surface area contributed by atoms with E-state index in [2.05, 4.69) is 10.0 Å². The summed E-state index contributed by atoms with van der Waals surface area (Å²) in [7, 11) is -3.69. The van der Waals surface area contributed by atoms with Crippen LogP contribution in [0.2, 0.25) is 5.02 Å². The molecule has 0 atom stereocenters. The fraction of sp³-hybridized carbons (Fsp3) is 0.278. The Hall–Kier alpha value is -2.09. The maximum atomic E-state index is 12.5. The Morgan fingerprint density at radius 2 is 1.85 bits per heavy atom. The third-order valence-corrected chi connectivity index (χ3v) is 6.04. The molecule has 0 heterocycles. The number of amides is 1. The molecule has 0 spiro atoms. The number of phenols is 1. The van der Waals surface area contributed by atoms with Crippen LogP contribution in [-0.4, -0.2) is 25.5 Å². The second kappa shape index (κ2) is 7.65. The zero-order valence-electron chi connectivity index (χ0n) is 13.9. The summed E-state index contributed by atoms with van der Waals surface area (Å²) < 4.78 is 27.7. The molecule has 0 saturated heterocycles. The van der Waals surface area contributed by atoms with Crippen molar-refractivity contribution in [3.05, 3.63) is 53.1 Å². The molecule has 0 bridgehead atoms. The van der Waals surface area contributed by atoms with Crippen LogP contribution >= 0.6 is 11.6 Å². The fourth-order valence-electron chi connectivity index (χ4n) is 2.94. The Morgan fingerprint density at radius 1 is 1.12 bits per heavy atom. The van der Waals surface area contributed by atoms with E-state index in [1.54, 1.807) is 0 Å². The first kappa shape index (κ1) is 18.7. The first-order valence-electron chi connectivity index (χ1n) is 8.27. The molecule has 2 aromatic carbocycles. The number of rotatable bonds is 5. The molecule has 3 N–H and O–H groups in total. The highest BCUT2D eigenvalue weighted by Gasteiger charge is 2.23. The van der Waals surface area contributed by atoms with Crippen LogP contribution in [0, 0.1) is 0 Å². The van der Waals surface area contributed by atoms with Crippen LogP contribution in [0.3, 0.4) is 0 Å². The maximum Gasteiger partial charge on any atom is 0.255 e. The lowest BCUT2D eigenvalue weighted by molar-refractivity contribution is 0.102. The first-order valence-corrected chi connectivity index (χ1v) is 10.1. The zero-order chi connectivity index (χ0) is 18.7. The van der Waals surface area contributed by atoms with Crippen molar-refractivity contribution in [2.75, 3.05) is 5.32 Å². The highest BCUT2D eigenvalue weighted by atomic mass is 35.5. The van der Waals surface area contributed by atoms with Crippen molar-refractivity contribution in [3.8, 4) is 5.75 Å². The van der Waals surface area contributed by atoms with Gasteiger partial charge in [-0.3, -0.25) is 4.79 Å². The van der Waals surface area contributed by atoms with E-state index in [-0.39, 0.29) is 27.9 Å². The van der Waals surface area contributed by atoms with Gasteiger partial charge in [0, 0.05) is 16.6 Å². The molecule has 0 aliphatic heterocycles. The number of hydrogen-bond acceptors (Lipinski definition) is 4. The van der Waals surface area contributed by atoms with E-state index in [4.69, 9.17) is 11.6 Å². The molecule has 0 radical (unpaired) electrons. The number of phenolic OH excluding ortho intramolecular Hbond substituents is 1. The highest BCUT2D eigenvalue weighted by Crippen LogP contribution is 2.27. The summed E-state index contributed by atoms with van der Waals surface area (Å²) in [5.41, 5.74) is 0.318. The predicted octanol–water partition coefficient (Wildman–Crippen LogP) is 3.52. The Balaban J connectivity index is 1.79. The summed E-state index contributed by atoms with van der Waals surface area (Å²) in [6, 6.07) is 10.00. The molecule has 1 fully saturated rings. The van der Waals surface area contributed by atoms with Crippen LogP contribution < -0.4 is 10.0 Å². The average molecular weight is 395 g/mol. The SMILES string of the molecule is O=C(Nc1cc(Cl)ccc1O)c1cccc(S(=O)(=O)NC2CCCC2)c1. The zero-order valence-corrected chi connectivity index (χ0v) is 15.5. The summed E-state index contributed by atoms with van der Waals surface area (Å²) >= 11 is 5.86. The van der Waals surface area contributed by atoms with E-state index >= 15 is 0 Å². The minimum atomic E-state index is -3.69. The van der Waals surface area contributed by atoms with Crippen molar-refractivity contribution in [1.29, 1.82) is 0 Å². The third kappa shape index (κ3) is 4.35. The van der Waals surface area contributed by atoms with Gasteiger partial charge in [-0.25, -0.2) is 13.1 Å². The van der Waals surface area contributed by atoms with Gasteiger partial charge in [0.25, 0.3) is 5.91 Å². The van der Waals surface area contributed by atoms with E-state index in [9.17, 15) is 18.3 Å². The van der Waals surface area contributed by atoms with Crippen LogP contribution in [0.5, 0.6) is 5.75 Å². The van der Waals surface area contributed by atoms with Crippen molar-refractivity contribution in [3.63, 3.8) is 0 Å². The normalized spacial score (nSPS) is 15.1. The molecule has 1 amide bonds. The van der Waals surface area contributed by atoms with Gasteiger partial charge in [-0.1, -0.05) is 30.5 Å². The number of nitrogens with one attached hydrogen (secondary N) is 2. The molecule has 1 aliphatic carbocycles. The number of halogens is 1. The molecule has 0 unspecified atom stereocenters. The summed E-state index contributed by atoms with van der Waals surface area (Å²) in [5, 5.41) is 12.7. The lowest BCUT2D eigenvalue weighted by Crippen LogP contribution is -2.32. The highest BCUT2D eigenvalue weighted by molar-refractivity contribution is 7.89.